The Morgan fingerprint density at radius 1 is 1.21 bits per heavy atom. The molecule has 1 aromatic heterocycles. The number of carboxylic acid groups (broad SMARTS) is 1. The molecule has 0 radical (unpaired) electrons. The van der Waals surface area contributed by atoms with Gasteiger partial charge in [0, 0.05) is 5.56 Å². The van der Waals surface area contributed by atoms with E-state index >= 15 is 0 Å². The number of halogens is 4. The largest absolute Gasteiger partial charge is 0.546 e. The molecule has 0 spiro atoms. The number of aromatic nitrogens is 1. The van der Waals surface area contributed by atoms with Crippen molar-refractivity contribution >= 4 is 17.9 Å². The molecular formula is C14H8F4N3O3-. The van der Waals surface area contributed by atoms with E-state index in [9.17, 15) is 27.5 Å². The molecule has 126 valence electrons. The minimum Gasteiger partial charge on any atom is -0.546 e. The topological polar surface area (TPSA) is 86.6 Å². The maximum Gasteiger partial charge on any atom is 0.254 e. The predicted octanol–water partition coefficient (Wildman–Crippen LogP) is 1.21. The van der Waals surface area contributed by atoms with Crippen LogP contribution in [0.15, 0.2) is 29.4 Å². The van der Waals surface area contributed by atoms with Gasteiger partial charge in [-0.1, -0.05) is 12.1 Å². The Hall–Kier alpha value is -3.17. The molecule has 6 nitrogen and oxygen atoms in total. The number of aliphatic carboxylic acids is 1. The van der Waals surface area contributed by atoms with Gasteiger partial charge in [-0.2, -0.15) is 27.6 Å². The molecular weight excluding hydrogens is 334 g/mol. The zero-order valence-electron chi connectivity index (χ0n) is 11.7. The van der Waals surface area contributed by atoms with Crippen LogP contribution in [0.4, 0.5) is 23.2 Å². The fourth-order valence-corrected chi connectivity index (χ4v) is 1.61. The second-order valence-electron chi connectivity index (χ2n) is 4.26. The van der Waals surface area contributed by atoms with Crippen molar-refractivity contribution in [2.24, 2.45) is 5.10 Å². The van der Waals surface area contributed by atoms with Crippen LogP contribution in [0.1, 0.15) is 5.56 Å². The van der Waals surface area contributed by atoms with Crippen molar-refractivity contribution in [2.75, 3.05) is 12.0 Å². The Morgan fingerprint density at radius 3 is 2.46 bits per heavy atom. The van der Waals surface area contributed by atoms with Crippen LogP contribution >= 0.6 is 0 Å². The van der Waals surface area contributed by atoms with Crippen molar-refractivity contribution < 1.29 is 32.2 Å². The Balaban J connectivity index is 2.20. The summed E-state index contributed by atoms with van der Waals surface area (Å²) in [5.41, 5.74) is 0.894. The first kappa shape index (κ1) is 17.2. The lowest BCUT2D eigenvalue weighted by molar-refractivity contribution is -0.307. The Morgan fingerprint density at radius 2 is 1.83 bits per heavy atom. The smallest absolute Gasteiger partial charge is 0.254 e. The van der Waals surface area contributed by atoms with E-state index in [0.717, 1.165) is 6.21 Å². The quantitative estimate of drug-likeness (QED) is 0.369. The molecule has 0 aliphatic rings. The standard InChI is InChI=1S/C14H9F4N3O3/c15-10-12(11(16)14(18)20-13(10)17)21-19-5-7-3-1-2-4-8(7)24-6-9(22)23/h1-5H,6H2,(H,20,21)(H,22,23)/p-1/b19-5-. The number of hydrazone groups is 1. The Bertz CT molecular complexity index is 773. The van der Waals surface area contributed by atoms with Gasteiger partial charge in [0.15, 0.2) is 0 Å². The third-order valence-electron chi connectivity index (χ3n) is 2.64. The molecule has 0 saturated carbocycles. The molecule has 10 heteroatoms. The van der Waals surface area contributed by atoms with Crippen LogP contribution in [0, 0.1) is 23.5 Å². The monoisotopic (exact) mass is 342 g/mol. The lowest BCUT2D eigenvalue weighted by atomic mass is 10.2. The number of pyridine rings is 1. The highest BCUT2D eigenvalue weighted by Crippen LogP contribution is 2.22. The number of nitrogens with zero attached hydrogens (tertiary/aromatic N) is 2. The van der Waals surface area contributed by atoms with Gasteiger partial charge in [-0.3, -0.25) is 5.43 Å². The zero-order valence-corrected chi connectivity index (χ0v) is 11.7. The number of anilines is 1. The number of para-hydroxylation sites is 1. The number of ether oxygens (including phenoxy) is 1. The van der Waals surface area contributed by atoms with E-state index in [1.54, 1.807) is 12.1 Å². The number of hydrogen-bond acceptors (Lipinski definition) is 6. The SMILES string of the molecule is O=C([O-])COc1ccccc1/C=N\Nc1c(F)c(F)nc(F)c1F. The summed E-state index contributed by atoms with van der Waals surface area (Å²) in [6, 6.07) is 5.97. The summed E-state index contributed by atoms with van der Waals surface area (Å²) in [7, 11) is 0. The van der Waals surface area contributed by atoms with Gasteiger partial charge < -0.3 is 14.6 Å². The van der Waals surface area contributed by atoms with Crippen molar-refractivity contribution in [2.45, 2.75) is 0 Å². The van der Waals surface area contributed by atoms with Gasteiger partial charge in [0.05, 0.1) is 12.2 Å². The number of rotatable bonds is 6. The second-order valence-corrected chi connectivity index (χ2v) is 4.26. The summed E-state index contributed by atoms with van der Waals surface area (Å²) in [6.45, 7) is -0.720. The van der Waals surface area contributed by atoms with Crippen LogP contribution in [-0.2, 0) is 4.79 Å². The number of benzene rings is 1. The zero-order chi connectivity index (χ0) is 17.7. The normalized spacial score (nSPS) is 10.8. The van der Waals surface area contributed by atoms with Gasteiger partial charge in [-0.15, -0.1) is 0 Å². The molecule has 0 bridgehead atoms. The van der Waals surface area contributed by atoms with Gasteiger partial charge >= 0.3 is 0 Å². The molecule has 24 heavy (non-hydrogen) atoms. The van der Waals surface area contributed by atoms with Crippen LogP contribution < -0.4 is 15.3 Å². The van der Waals surface area contributed by atoms with Gasteiger partial charge in [0.25, 0.3) is 11.9 Å². The van der Waals surface area contributed by atoms with Gasteiger partial charge in [-0.25, -0.2) is 0 Å². The summed E-state index contributed by atoms with van der Waals surface area (Å²) in [6.07, 6.45) is 1.01. The first-order chi connectivity index (χ1) is 11.4. The first-order valence-electron chi connectivity index (χ1n) is 6.31. The van der Waals surface area contributed by atoms with Crippen LogP contribution in [0.3, 0.4) is 0 Å². The van der Waals surface area contributed by atoms with Gasteiger partial charge in [-0.05, 0) is 12.1 Å². The van der Waals surface area contributed by atoms with Crippen molar-refractivity contribution in [3.05, 3.63) is 53.4 Å². The average molecular weight is 342 g/mol. The molecule has 1 N–H and O–H groups in total. The molecule has 0 amide bonds. The van der Waals surface area contributed by atoms with E-state index in [1.165, 1.54) is 12.1 Å². The average Bonchev–Trinajstić information content (AvgIpc) is 2.55. The summed E-state index contributed by atoms with van der Waals surface area (Å²) < 4.78 is 57.6. The van der Waals surface area contributed by atoms with E-state index in [1.807, 2.05) is 5.43 Å². The van der Waals surface area contributed by atoms with E-state index in [2.05, 4.69) is 10.1 Å². The molecule has 2 aromatic rings. The molecule has 2 rings (SSSR count). The Kier molecular flexibility index (Phi) is 5.30. The summed E-state index contributed by atoms with van der Waals surface area (Å²) >= 11 is 0. The molecule has 0 aliphatic carbocycles. The first-order valence-corrected chi connectivity index (χ1v) is 6.31. The summed E-state index contributed by atoms with van der Waals surface area (Å²) in [5, 5.41) is 13.8. The number of hydrogen-bond donors (Lipinski definition) is 1. The van der Waals surface area contributed by atoms with E-state index < -0.39 is 41.8 Å². The number of carbonyl (C=O) groups is 1. The minimum atomic E-state index is -1.83. The van der Waals surface area contributed by atoms with Gasteiger partial charge in [0.2, 0.25) is 11.6 Å². The maximum atomic E-state index is 13.4. The van der Waals surface area contributed by atoms with Crippen molar-refractivity contribution in [1.29, 1.82) is 0 Å². The van der Waals surface area contributed by atoms with E-state index in [0.29, 0.717) is 0 Å². The van der Waals surface area contributed by atoms with Crippen molar-refractivity contribution in [3.63, 3.8) is 0 Å². The third-order valence-corrected chi connectivity index (χ3v) is 2.64. The van der Waals surface area contributed by atoms with Crippen molar-refractivity contribution in [3.8, 4) is 5.75 Å². The van der Waals surface area contributed by atoms with Crippen LogP contribution in [-0.4, -0.2) is 23.8 Å². The molecule has 0 aliphatic heterocycles. The molecule has 1 heterocycles. The highest BCUT2D eigenvalue weighted by molar-refractivity contribution is 5.84. The molecule has 1 aromatic carbocycles. The second kappa shape index (κ2) is 7.40. The minimum absolute atomic E-state index is 0.0975. The summed E-state index contributed by atoms with van der Waals surface area (Å²) in [4.78, 5) is 12.8. The number of carbonyl (C=O) groups excluding carboxylic acids is 1. The van der Waals surface area contributed by atoms with Gasteiger partial charge in [0.1, 0.15) is 18.0 Å². The molecule has 0 atom stereocenters. The van der Waals surface area contributed by atoms with Crippen molar-refractivity contribution in [1.82, 2.24) is 4.98 Å². The number of nitrogens with one attached hydrogen (secondary N) is 1. The third kappa shape index (κ3) is 3.97. The predicted molar refractivity (Wildman–Crippen MR) is 72.2 cm³/mol. The highest BCUT2D eigenvalue weighted by atomic mass is 19.2. The summed E-state index contributed by atoms with van der Waals surface area (Å²) in [5.74, 6) is -8.50. The highest BCUT2D eigenvalue weighted by Gasteiger charge is 2.20. The van der Waals surface area contributed by atoms with E-state index in [-0.39, 0.29) is 11.3 Å². The molecule has 0 unspecified atom stereocenters. The lowest BCUT2D eigenvalue weighted by Crippen LogP contribution is -2.29. The lowest BCUT2D eigenvalue weighted by Gasteiger charge is -2.09. The van der Waals surface area contributed by atoms with E-state index in [4.69, 9.17) is 4.74 Å². The maximum absolute atomic E-state index is 13.4. The van der Waals surface area contributed by atoms with Crippen LogP contribution in [0.25, 0.3) is 0 Å². The fourth-order valence-electron chi connectivity index (χ4n) is 1.61. The van der Waals surface area contributed by atoms with Crippen LogP contribution in [0.2, 0.25) is 0 Å². The Labute approximate surface area is 132 Å². The molecule has 0 fully saturated rings. The molecule has 0 saturated heterocycles. The fraction of sp³-hybridized carbons (Fsp3) is 0.0714. The van der Waals surface area contributed by atoms with Crippen LogP contribution in [0.5, 0.6) is 5.75 Å². The number of carboxylic acids is 1.